The second-order valence-corrected chi connectivity index (χ2v) is 4.84. The number of aromatic nitrogens is 1. The normalized spacial score (nSPS) is 11.7. The molecule has 0 aliphatic rings. The molecule has 1 rings (SSSR count). The van der Waals surface area contributed by atoms with E-state index >= 15 is 0 Å². The second kappa shape index (κ2) is 5.55. The lowest BCUT2D eigenvalue weighted by molar-refractivity contribution is -0.143. The topological polar surface area (TPSA) is 70.5 Å². The number of carbonyl (C=O) groups excluding carboxylic acids is 1. The first-order valence-corrected chi connectivity index (χ1v) is 6.06. The fourth-order valence-electron chi connectivity index (χ4n) is 1.28. The number of hydrogen-bond donors (Lipinski definition) is 1. The van der Waals surface area contributed by atoms with E-state index in [-0.39, 0.29) is 10.7 Å². The summed E-state index contributed by atoms with van der Waals surface area (Å²) in [6.07, 6.45) is -4.52. The lowest BCUT2D eigenvalue weighted by Gasteiger charge is -2.26. The molecule has 0 aliphatic carbocycles. The van der Waals surface area contributed by atoms with Gasteiger partial charge in [-0.05, 0) is 13.8 Å². The largest absolute Gasteiger partial charge is 0.476 e. The number of alkyl halides is 3. The zero-order chi connectivity index (χ0) is 14.8. The molecule has 0 aliphatic heterocycles. The molecule has 0 fully saturated rings. The maximum atomic E-state index is 12.4. The van der Waals surface area contributed by atoms with Crippen LogP contribution < -0.4 is 0 Å². The van der Waals surface area contributed by atoms with Crippen LogP contribution in [0.4, 0.5) is 13.2 Å². The summed E-state index contributed by atoms with van der Waals surface area (Å²) in [5, 5.41) is 9.50. The number of rotatable bonds is 4. The lowest BCUT2D eigenvalue weighted by atomic mass is 10.3. The number of nitrogens with zero attached hydrogens (tertiary/aromatic N) is 2. The van der Waals surface area contributed by atoms with Crippen LogP contribution in [-0.4, -0.2) is 45.6 Å². The van der Waals surface area contributed by atoms with Crippen molar-refractivity contribution >= 4 is 23.2 Å². The predicted octanol–water partition coefficient (Wildman–Crippen LogP) is 2.25. The number of thiazole rings is 1. The molecule has 1 heterocycles. The van der Waals surface area contributed by atoms with Crippen molar-refractivity contribution in [2.45, 2.75) is 26.1 Å². The van der Waals surface area contributed by atoms with Crippen molar-refractivity contribution in [3.8, 4) is 0 Å². The molecule has 0 saturated carbocycles. The molecule has 0 aromatic carbocycles. The van der Waals surface area contributed by atoms with Crippen molar-refractivity contribution in [1.82, 2.24) is 9.88 Å². The van der Waals surface area contributed by atoms with Gasteiger partial charge in [0.05, 0.1) is 0 Å². The molecule has 9 heteroatoms. The minimum atomic E-state index is -4.52. The monoisotopic (exact) mass is 296 g/mol. The highest BCUT2D eigenvalue weighted by Gasteiger charge is 2.35. The van der Waals surface area contributed by atoms with E-state index in [1.54, 1.807) is 0 Å². The Labute approximate surface area is 110 Å². The molecular formula is C10H11F3N2O3S. The first-order chi connectivity index (χ1) is 8.61. The molecular weight excluding hydrogens is 285 g/mol. The van der Waals surface area contributed by atoms with E-state index in [1.807, 2.05) is 0 Å². The number of halogens is 3. The van der Waals surface area contributed by atoms with Crippen molar-refractivity contribution in [1.29, 1.82) is 0 Å². The average molecular weight is 296 g/mol. The lowest BCUT2D eigenvalue weighted by Crippen LogP contribution is -2.43. The van der Waals surface area contributed by atoms with Gasteiger partial charge in [-0.1, -0.05) is 0 Å². The van der Waals surface area contributed by atoms with E-state index in [0.717, 1.165) is 5.38 Å². The van der Waals surface area contributed by atoms with Crippen LogP contribution in [0.2, 0.25) is 0 Å². The maximum Gasteiger partial charge on any atom is 0.406 e. The van der Waals surface area contributed by atoms with Crippen LogP contribution in [0.3, 0.4) is 0 Å². The molecule has 0 atom stereocenters. The molecule has 0 radical (unpaired) electrons. The summed E-state index contributed by atoms with van der Waals surface area (Å²) in [5.41, 5.74) is -0.357. The van der Waals surface area contributed by atoms with E-state index < -0.39 is 30.6 Å². The van der Waals surface area contributed by atoms with Crippen molar-refractivity contribution < 1.29 is 27.9 Å². The number of carbonyl (C=O) groups is 2. The minimum absolute atomic E-state index is 0.268. The Morgan fingerprint density at radius 3 is 2.42 bits per heavy atom. The summed E-state index contributed by atoms with van der Waals surface area (Å²) in [7, 11) is 0. The molecule has 1 aromatic rings. The quantitative estimate of drug-likeness (QED) is 0.925. The first-order valence-electron chi connectivity index (χ1n) is 5.18. The highest BCUT2D eigenvalue weighted by Crippen LogP contribution is 2.21. The standard InChI is InChI=1S/C10H11F3N2O3S/c1-5(2)15(4-10(11,12)13)8(16)7-14-6(3-19-7)9(17)18/h3,5H,4H2,1-2H3,(H,17,18). The zero-order valence-corrected chi connectivity index (χ0v) is 10.9. The van der Waals surface area contributed by atoms with E-state index in [4.69, 9.17) is 5.11 Å². The second-order valence-electron chi connectivity index (χ2n) is 3.99. The van der Waals surface area contributed by atoms with Crippen LogP contribution in [-0.2, 0) is 0 Å². The van der Waals surface area contributed by atoms with Gasteiger partial charge in [-0.15, -0.1) is 11.3 Å². The van der Waals surface area contributed by atoms with Crippen LogP contribution in [0.1, 0.15) is 34.1 Å². The van der Waals surface area contributed by atoms with Gasteiger partial charge in [0.2, 0.25) is 0 Å². The Morgan fingerprint density at radius 1 is 1.47 bits per heavy atom. The predicted molar refractivity (Wildman–Crippen MR) is 61.3 cm³/mol. The Morgan fingerprint density at radius 2 is 2.05 bits per heavy atom. The van der Waals surface area contributed by atoms with Crippen LogP contribution >= 0.6 is 11.3 Å². The fourth-order valence-corrected chi connectivity index (χ4v) is 2.02. The molecule has 106 valence electrons. The van der Waals surface area contributed by atoms with Crippen molar-refractivity contribution in [3.05, 3.63) is 16.1 Å². The Kier molecular flexibility index (Phi) is 4.51. The van der Waals surface area contributed by atoms with Crippen LogP contribution in [0.25, 0.3) is 0 Å². The summed E-state index contributed by atoms with van der Waals surface area (Å²) < 4.78 is 37.1. The Hall–Kier alpha value is -1.64. The van der Waals surface area contributed by atoms with Gasteiger partial charge in [0.15, 0.2) is 10.7 Å². The third-order valence-corrected chi connectivity index (χ3v) is 2.97. The van der Waals surface area contributed by atoms with E-state index in [0.29, 0.717) is 16.2 Å². The summed E-state index contributed by atoms with van der Waals surface area (Å²) >= 11 is 0.707. The summed E-state index contributed by atoms with van der Waals surface area (Å²) in [4.78, 5) is 26.6. The van der Waals surface area contributed by atoms with E-state index in [1.165, 1.54) is 13.8 Å². The average Bonchev–Trinajstić information content (AvgIpc) is 2.72. The SMILES string of the molecule is CC(C)N(CC(F)(F)F)C(=O)c1nc(C(=O)O)cs1. The number of amides is 1. The van der Waals surface area contributed by atoms with Gasteiger partial charge in [-0.2, -0.15) is 13.2 Å². The molecule has 1 N–H and O–H groups in total. The van der Waals surface area contributed by atoms with Gasteiger partial charge in [-0.3, -0.25) is 4.79 Å². The number of hydrogen-bond acceptors (Lipinski definition) is 4. The highest BCUT2D eigenvalue weighted by atomic mass is 32.1. The summed E-state index contributed by atoms with van der Waals surface area (Å²) in [5.74, 6) is -2.26. The van der Waals surface area contributed by atoms with Gasteiger partial charge in [-0.25, -0.2) is 9.78 Å². The third-order valence-electron chi connectivity index (χ3n) is 2.14. The van der Waals surface area contributed by atoms with Crippen molar-refractivity contribution in [3.63, 3.8) is 0 Å². The molecule has 19 heavy (non-hydrogen) atoms. The molecule has 0 saturated heterocycles. The van der Waals surface area contributed by atoms with Crippen LogP contribution in [0.15, 0.2) is 5.38 Å². The molecule has 0 unspecified atom stereocenters. The number of carboxylic acids is 1. The molecule has 1 amide bonds. The molecule has 5 nitrogen and oxygen atoms in total. The van der Waals surface area contributed by atoms with Crippen molar-refractivity contribution in [2.24, 2.45) is 0 Å². The smallest absolute Gasteiger partial charge is 0.406 e. The van der Waals surface area contributed by atoms with Gasteiger partial charge < -0.3 is 10.0 Å². The van der Waals surface area contributed by atoms with Gasteiger partial charge in [0.25, 0.3) is 5.91 Å². The van der Waals surface area contributed by atoms with Gasteiger partial charge >= 0.3 is 12.1 Å². The van der Waals surface area contributed by atoms with E-state index in [9.17, 15) is 22.8 Å². The maximum absolute atomic E-state index is 12.4. The molecule has 0 bridgehead atoms. The Balaban J connectivity index is 2.96. The Bertz CT molecular complexity index is 485. The van der Waals surface area contributed by atoms with Crippen LogP contribution in [0, 0.1) is 0 Å². The fraction of sp³-hybridized carbons (Fsp3) is 0.500. The van der Waals surface area contributed by atoms with Crippen LogP contribution in [0.5, 0.6) is 0 Å². The molecule has 1 aromatic heterocycles. The van der Waals surface area contributed by atoms with Gasteiger partial charge in [0.1, 0.15) is 6.54 Å². The highest BCUT2D eigenvalue weighted by molar-refractivity contribution is 7.11. The minimum Gasteiger partial charge on any atom is -0.476 e. The third kappa shape index (κ3) is 4.19. The number of aromatic carboxylic acids is 1. The number of carboxylic acid groups (broad SMARTS) is 1. The first kappa shape index (κ1) is 15.4. The van der Waals surface area contributed by atoms with Crippen molar-refractivity contribution in [2.75, 3.05) is 6.54 Å². The zero-order valence-electron chi connectivity index (χ0n) is 10.1. The summed E-state index contributed by atoms with van der Waals surface area (Å²) in [6.45, 7) is 1.48. The molecule has 0 spiro atoms. The van der Waals surface area contributed by atoms with Gasteiger partial charge in [0, 0.05) is 11.4 Å². The van der Waals surface area contributed by atoms with E-state index in [2.05, 4.69) is 4.98 Å². The summed E-state index contributed by atoms with van der Waals surface area (Å²) in [6, 6.07) is -0.675.